The molecular formula is C21H23NO2. The van der Waals surface area contributed by atoms with Gasteiger partial charge in [-0.3, -0.25) is 4.99 Å². The van der Waals surface area contributed by atoms with Gasteiger partial charge in [0, 0.05) is 6.21 Å². The average molecular weight is 321 g/mol. The van der Waals surface area contributed by atoms with Crippen LogP contribution < -0.4 is 0 Å². The van der Waals surface area contributed by atoms with Crippen molar-refractivity contribution in [1.29, 1.82) is 0 Å². The van der Waals surface area contributed by atoms with Gasteiger partial charge in [0.05, 0.1) is 18.4 Å². The molecule has 0 saturated heterocycles. The van der Waals surface area contributed by atoms with Gasteiger partial charge >= 0.3 is 5.97 Å². The summed E-state index contributed by atoms with van der Waals surface area (Å²) in [4.78, 5) is 16.7. The van der Waals surface area contributed by atoms with Gasteiger partial charge in [-0.25, -0.2) is 4.79 Å². The minimum atomic E-state index is -0.259. The van der Waals surface area contributed by atoms with Crippen LogP contribution in [0.25, 0.3) is 0 Å². The van der Waals surface area contributed by atoms with E-state index in [-0.39, 0.29) is 5.97 Å². The predicted molar refractivity (Wildman–Crippen MR) is 97.3 cm³/mol. The molecule has 1 aliphatic carbocycles. The Morgan fingerprint density at radius 2 is 1.83 bits per heavy atom. The first-order valence-corrected chi connectivity index (χ1v) is 8.59. The number of methoxy groups -OCH3 is 1. The number of hydrogen-bond acceptors (Lipinski definition) is 3. The topological polar surface area (TPSA) is 38.7 Å². The largest absolute Gasteiger partial charge is 0.465 e. The molecule has 0 bridgehead atoms. The normalized spacial score (nSPS) is 15.5. The Balaban J connectivity index is 1.89. The van der Waals surface area contributed by atoms with E-state index in [2.05, 4.69) is 11.1 Å². The molecule has 3 rings (SSSR count). The second kappa shape index (κ2) is 7.91. The first-order valence-electron chi connectivity index (χ1n) is 8.59. The molecule has 0 spiro atoms. The lowest BCUT2D eigenvalue weighted by atomic mass is 9.81. The molecule has 0 aromatic heterocycles. The smallest absolute Gasteiger partial charge is 0.338 e. The summed E-state index contributed by atoms with van der Waals surface area (Å²) in [7, 11) is 1.44. The lowest BCUT2D eigenvalue weighted by Gasteiger charge is -2.24. The summed E-state index contributed by atoms with van der Waals surface area (Å²) < 4.78 is 5.00. The average Bonchev–Trinajstić information content (AvgIpc) is 2.67. The van der Waals surface area contributed by atoms with Gasteiger partial charge in [-0.1, -0.05) is 49.6 Å². The Bertz CT molecular complexity index is 716. The molecule has 3 heteroatoms. The molecule has 2 aromatic rings. The molecule has 3 nitrogen and oxygen atoms in total. The summed E-state index contributed by atoms with van der Waals surface area (Å²) in [5.41, 5.74) is 3.62. The zero-order valence-electron chi connectivity index (χ0n) is 14.1. The first kappa shape index (κ1) is 16.4. The van der Waals surface area contributed by atoms with Crippen molar-refractivity contribution in [2.24, 2.45) is 4.99 Å². The van der Waals surface area contributed by atoms with Crippen LogP contribution in [0.3, 0.4) is 0 Å². The van der Waals surface area contributed by atoms with E-state index in [1.807, 2.05) is 42.5 Å². The summed E-state index contributed by atoms with van der Waals surface area (Å²) in [5, 5.41) is 0. The third-order valence-electron chi connectivity index (χ3n) is 4.65. The van der Waals surface area contributed by atoms with E-state index >= 15 is 0 Å². The van der Waals surface area contributed by atoms with E-state index < -0.39 is 0 Å². The minimum Gasteiger partial charge on any atom is -0.465 e. The third-order valence-corrected chi connectivity index (χ3v) is 4.65. The highest BCUT2D eigenvalue weighted by Crippen LogP contribution is 2.35. The van der Waals surface area contributed by atoms with Crippen molar-refractivity contribution in [2.45, 2.75) is 38.0 Å². The molecule has 1 fully saturated rings. The van der Waals surface area contributed by atoms with Gasteiger partial charge in [-0.2, -0.15) is 0 Å². The Labute approximate surface area is 143 Å². The van der Waals surface area contributed by atoms with Crippen molar-refractivity contribution in [2.75, 3.05) is 7.11 Å². The molecule has 124 valence electrons. The first-order chi connectivity index (χ1) is 11.8. The van der Waals surface area contributed by atoms with Gasteiger partial charge in [0.25, 0.3) is 0 Å². The fraction of sp³-hybridized carbons (Fsp3) is 0.333. The summed E-state index contributed by atoms with van der Waals surface area (Å²) in [6.07, 6.45) is 7.88. The number of esters is 1. The van der Waals surface area contributed by atoms with Crippen molar-refractivity contribution in [3.8, 4) is 0 Å². The van der Waals surface area contributed by atoms with E-state index in [0.29, 0.717) is 11.5 Å². The van der Waals surface area contributed by atoms with Crippen LogP contribution in [0, 0.1) is 0 Å². The van der Waals surface area contributed by atoms with E-state index in [1.54, 1.807) is 6.21 Å². The highest BCUT2D eigenvalue weighted by molar-refractivity contribution is 5.94. The second-order valence-electron chi connectivity index (χ2n) is 6.27. The van der Waals surface area contributed by atoms with Crippen LogP contribution in [0.4, 0.5) is 5.69 Å². The molecule has 0 heterocycles. The third kappa shape index (κ3) is 3.91. The quantitative estimate of drug-likeness (QED) is 0.568. The number of para-hydroxylation sites is 1. The number of carbonyl (C=O) groups is 1. The SMILES string of the molecule is COC(=O)c1cc(/C=N/c2ccccc2)ccc1C1CCCCC1. The molecule has 2 aromatic carbocycles. The van der Waals surface area contributed by atoms with Gasteiger partial charge in [0.1, 0.15) is 0 Å². The maximum absolute atomic E-state index is 12.2. The van der Waals surface area contributed by atoms with Gasteiger partial charge < -0.3 is 4.74 Å². The minimum absolute atomic E-state index is 0.259. The van der Waals surface area contributed by atoms with Crippen LogP contribution in [0.15, 0.2) is 53.5 Å². The van der Waals surface area contributed by atoms with Crippen molar-refractivity contribution >= 4 is 17.9 Å². The van der Waals surface area contributed by atoms with Crippen molar-refractivity contribution < 1.29 is 9.53 Å². The molecule has 0 radical (unpaired) electrons. The fourth-order valence-electron chi connectivity index (χ4n) is 3.37. The highest BCUT2D eigenvalue weighted by atomic mass is 16.5. The molecule has 0 atom stereocenters. The summed E-state index contributed by atoms with van der Waals surface area (Å²) >= 11 is 0. The van der Waals surface area contributed by atoms with Crippen LogP contribution in [0.5, 0.6) is 0 Å². The van der Waals surface area contributed by atoms with Crippen LogP contribution in [0.1, 0.15) is 59.5 Å². The van der Waals surface area contributed by atoms with Gasteiger partial charge in [-0.05, 0) is 48.1 Å². The lowest BCUT2D eigenvalue weighted by molar-refractivity contribution is 0.0598. The number of rotatable bonds is 4. The van der Waals surface area contributed by atoms with Crippen molar-refractivity contribution in [3.63, 3.8) is 0 Å². The van der Waals surface area contributed by atoms with Gasteiger partial charge in [0.2, 0.25) is 0 Å². The zero-order valence-corrected chi connectivity index (χ0v) is 14.1. The molecular weight excluding hydrogens is 298 g/mol. The fourth-order valence-corrected chi connectivity index (χ4v) is 3.37. The number of nitrogens with zero attached hydrogens (tertiary/aromatic N) is 1. The highest BCUT2D eigenvalue weighted by Gasteiger charge is 2.22. The molecule has 1 aliphatic rings. The summed E-state index contributed by atoms with van der Waals surface area (Å²) in [6, 6.07) is 15.8. The Kier molecular flexibility index (Phi) is 5.42. The van der Waals surface area contributed by atoms with Crippen LogP contribution in [-0.2, 0) is 4.74 Å². The maximum atomic E-state index is 12.2. The van der Waals surface area contributed by atoms with Crippen molar-refractivity contribution in [1.82, 2.24) is 0 Å². The number of ether oxygens (including phenoxy) is 1. The Morgan fingerprint density at radius 1 is 1.08 bits per heavy atom. The monoisotopic (exact) mass is 321 g/mol. The predicted octanol–water partition coefficient (Wildman–Crippen LogP) is 5.27. The van der Waals surface area contributed by atoms with Crippen LogP contribution in [0.2, 0.25) is 0 Å². The van der Waals surface area contributed by atoms with E-state index in [0.717, 1.165) is 29.7 Å². The van der Waals surface area contributed by atoms with E-state index in [4.69, 9.17) is 4.74 Å². The van der Waals surface area contributed by atoms with E-state index in [1.165, 1.54) is 26.4 Å². The molecule has 0 unspecified atom stereocenters. The molecule has 0 amide bonds. The van der Waals surface area contributed by atoms with Gasteiger partial charge in [-0.15, -0.1) is 0 Å². The number of aliphatic imine (C=N–C) groups is 1. The standard InChI is InChI=1S/C21H23NO2/c1-24-21(23)20-14-16(15-22-18-10-6-3-7-11-18)12-13-19(20)17-8-4-2-5-9-17/h3,6-7,10-15,17H,2,4-5,8-9H2,1H3/b22-15+. The number of carbonyl (C=O) groups excluding carboxylic acids is 1. The molecule has 0 aliphatic heterocycles. The van der Waals surface area contributed by atoms with E-state index in [9.17, 15) is 4.79 Å². The van der Waals surface area contributed by atoms with Gasteiger partial charge in [0.15, 0.2) is 0 Å². The number of hydrogen-bond donors (Lipinski definition) is 0. The molecule has 24 heavy (non-hydrogen) atoms. The summed E-state index contributed by atoms with van der Waals surface area (Å²) in [6.45, 7) is 0. The molecule has 1 saturated carbocycles. The zero-order chi connectivity index (χ0) is 16.8. The van der Waals surface area contributed by atoms with Crippen molar-refractivity contribution in [3.05, 3.63) is 65.2 Å². The summed E-state index contributed by atoms with van der Waals surface area (Å²) in [5.74, 6) is 0.207. The van der Waals surface area contributed by atoms with Crippen LogP contribution in [-0.4, -0.2) is 19.3 Å². The van der Waals surface area contributed by atoms with Crippen LogP contribution >= 0.6 is 0 Å². The molecule has 0 N–H and O–H groups in total. The Hall–Kier alpha value is -2.42. The number of benzene rings is 2. The maximum Gasteiger partial charge on any atom is 0.338 e. The Morgan fingerprint density at radius 3 is 2.54 bits per heavy atom. The second-order valence-corrected chi connectivity index (χ2v) is 6.27. The lowest BCUT2D eigenvalue weighted by Crippen LogP contribution is -2.12.